The molecule has 0 radical (unpaired) electrons. The molecule has 0 spiro atoms. The number of likely N-dealkylation sites (N-methyl/N-ethyl adjacent to an activating group) is 1. The number of aromatic nitrogens is 8. The van der Waals surface area contributed by atoms with E-state index in [1.54, 1.807) is 9.80 Å². The molecule has 4 saturated heterocycles. The molecule has 0 bridgehead atoms. The maximum absolute atomic E-state index is 14.9. The minimum Gasteiger partial charge on any atom is -0.458 e. The van der Waals surface area contributed by atoms with Crippen LogP contribution in [0.1, 0.15) is 70.8 Å². The van der Waals surface area contributed by atoms with Crippen LogP contribution in [0.3, 0.4) is 0 Å². The Hall–Kier alpha value is -6.88. The topological polar surface area (TPSA) is 231 Å². The number of anilines is 4. The van der Waals surface area contributed by atoms with Gasteiger partial charge in [-0.15, -0.1) is 5.10 Å². The van der Waals surface area contributed by atoms with Crippen molar-refractivity contribution in [2.24, 2.45) is 5.92 Å². The molecule has 1 atom stereocenters. The van der Waals surface area contributed by atoms with Gasteiger partial charge in [0.05, 0.1) is 29.8 Å². The van der Waals surface area contributed by atoms with Gasteiger partial charge >= 0.3 is 0 Å². The van der Waals surface area contributed by atoms with E-state index in [2.05, 4.69) is 67.9 Å². The molecule has 4 aromatic heterocycles. The van der Waals surface area contributed by atoms with Crippen molar-refractivity contribution in [3.8, 4) is 17.3 Å². The normalized spacial score (nSPS) is 19.6. The number of nitrogens with one attached hydrogen (secondary N) is 2. The number of benzene rings is 1. The molecule has 5 aliphatic rings. The lowest BCUT2D eigenvalue weighted by Crippen LogP contribution is -2.49. The molecule has 3 amide bonds. The zero-order chi connectivity index (χ0) is 50.0. The predicted octanol–water partition coefficient (Wildman–Crippen LogP) is 3.15. The first-order chi connectivity index (χ1) is 34.1. The monoisotopic (exact) mass is 981 g/mol. The highest BCUT2D eigenvalue weighted by atomic mass is 19.1. The summed E-state index contributed by atoms with van der Waals surface area (Å²) in [5.74, 6) is 0.0596. The minimum absolute atomic E-state index is 0.0761. The van der Waals surface area contributed by atoms with Crippen LogP contribution in [0.15, 0.2) is 37.1 Å². The van der Waals surface area contributed by atoms with Gasteiger partial charge in [0.1, 0.15) is 35.0 Å². The van der Waals surface area contributed by atoms with Gasteiger partial charge in [0, 0.05) is 89.7 Å². The van der Waals surface area contributed by atoms with E-state index in [1.807, 2.05) is 28.0 Å². The Morgan fingerprint density at radius 1 is 0.887 bits per heavy atom. The van der Waals surface area contributed by atoms with Crippen molar-refractivity contribution in [3.63, 3.8) is 0 Å². The number of hydrogen-bond acceptors (Lipinski definition) is 17. The quantitative estimate of drug-likeness (QED) is 0.120. The summed E-state index contributed by atoms with van der Waals surface area (Å²) in [5, 5.41) is 15.4. The zero-order valence-electron chi connectivity index (χ0n) is 40.7. The second-order valence-corrected chi connectivity index (χ2v) is 20.0. The van der Waals surface area contributed by atoms with E-state index in [1.165, 1.54) is 18.5 Å². The van der Waals surface area contributed by atoms with Crippen molar-refractivity contribution >= 4 is 58.1 Å². The third-order valence-corrected chi connectivity index (χ3v) is 13.9. The second kappa shape index (κ2) is 20.8. The van der Waals surface area contributed by atoms with Crippen molar-refractivity contribution in [2.75, 3.05) is 106 Å². The van der Waals surface area contributed by atoms with Crippen LogP contribution in [0.2, 0.25) is 0 Å². The van der Waals surface area contributed by atoms with Gasteiger partial charge < -0.3 is 35.4 Å². The van der Waals surface area contributed by atoms with Crippen molar-refractivity contribution < 1.29 is 32.7 Å². The molecule has 23 heteroatoms. The van der Waals surface area contributed by atoms with E-state index in [9.17, 15) is 28.0 Å². The van der Waals surface area contributed by atoms with E-state index in [-0.39, 0.29) is 54.6 Å². The first kappa shape index (κ1) is 49.1. The first-order valence-electron chi connectivity index (χ1n) is 24.4. The van der Waals surface area contributed by atoms with Crippen LogP contribution in [0.4, 0.5) is 31.7 Å². The molecule has 4 aliphatic heterocycles. The minimum atomic E-state index is -0.717. The summed E-state index contributed by atoms with van der Waals surface area (Å²) in [5.41, 5.74) is 9.86. The molecular formula is C48H62F2N16O5. The molecule has 71 heavy (non-hydrogen) atoms. The Kier molecular flexibility index (Phi) is 14.4. The fraction of sp³-hybridized carbons (Fsp3) is 0.542. The van der Waals surface area contributed by atoms with Gasteiger partial charge in [-0.3, -0.25) is 29.4 Å². The molecule has 1 unspecified atom stereocenters. The van der Waals surface area contributed by atoms with Crippen LogP contribution in [0, 0.1) is 17.6 Å². The number of ether oxygens (including phenoxy) is 1. The summed E-state index contributed by atoms with van der Waals surface area (Å²) in [6.07, 6.45) is 11.7. The summed E-state index contributed by atoms with van der Waals surface area (Å²) in [6.45, 7) is 14.7. The maximum Gasteiger partial charge on any atom is 0.293 e. The molecular weight excluding hydrogens is 919 g/mol. The summed E-state index contributed by atoms with van der Waals surface area (Å²) in [6, 6.07) is 1.65. The van der Waals surface area contributed by atoms with E-state index < -0.39 is 23.6 Å². The predicted molar refractivity (Wildman–Crippen MR) is 261 cm³/mol. The van der Waals surface area contributed by atoms with Gasteiger partial charge in [-0.05, 0) is 83.9 Å². The van der Waals surface area contributed by atoms with Crippen LogP contribution in [0.25, 0.3) is 28.4 Å². The lowest BCUT2D eigenvalue weighted by Gasteiger charge is -2.39. The second-order valence-electron chi connectivity index (χ2n) is 20.0. The standard InChI is InChI=1S/C24H31F2N5O5.C24H31N11/c25-18-11-17(27-20-1-2-21(33)28-24(20)35)12-19(26)23(18)31-9-7-29(8-10-31)13-16-3-5-30(6-4-16)22(34)14-36-15-32;1-24(2,3)35-22-18(20(25)28-14-29-22)23(31-35)34-19(17(13-30-34)15-5-6-15)21-26-11-16(12-27-21)33-9-7-32(4)8-10-33/h11-12,15-16,20,27H,1-10,13-14H2,(H,28,33,35);11-15H,5-10H2,1-4H3,(H2,25,28,29). The highest BCUT2D eigenvalue weighted by molar-refractivity contribution is 6.01. The first-order valence-corrected chi connectivity index (χ1v) is 24.4. The number of carbonyl (C=O) groups is 4. The van der Waals surface area contributed by atoms with Crippen LogP contribution >= 0.6 is 0 Å². The number of hydrogen-bond donors (Lipinski definition) is 3. The molecule has 1 aliphatic carbocycles. The smallest absolute Gasteiger partial charge is 0.293 e. The number of nitrogens with zero attached hydrogens (tertiary/aromatic N) is 13. The van der Waals surface area contributed by atoms with Gasteiger partial charge in [-0.2, -0.15) is 5.10 Å². The highest BCUT2D eigenvalue weighted by Crippen LogP contribution is 2.45. The lowest BCUT2D eigenvalue weighted by atomic mass is 9.96. The van der Waals surface area contributed by atoms with Gasteiger partial charge in [0.15, 0.2) is 35.5 Å². The number of imide groups is 1. The Morgan fingerprint density at radius 2 is 1.56 bits per heavy atom. The van der Waals surface area contributed by atoms with Crippen LogP contribution in [-0.2, 0) is 29.5 Å². The van der Waals surface area contributed by atoms with E-state index in [0.29, 0.717) is 79.6 Å². The fourth-order valence-electron chi connectivity index (χ4n) is 9.75. The Bertz CT molecular complexity index is 2710. The number of rotatable bonds is 12. The summed E-state index contributed by atoms with van der Waals surface area (Å²) >= 11 is 0. The lowest BCUT2D eigenvalue weighted by molar-refractivity contribution is -0.144. The number of halogens is 2. The number of likely N-dealkylation sites (tertiary alicyclic amines) is 1. The summed E-state index contributed by atoms with van der Waals surface area (Å²) in [7, 11) is 2.15. The molecule has 5 aromatic rings. The fourth-order valence-corrected chi connectivity index (χ4v) is 9.75. The molecule has 5 fully saturated rings. The molecule has 1 saturated carbocycles. The van der Waals surface area contributed by atoms with Crippen LogP contribution in [-0.4, -0.2) is 170 Å². The molecule has 21 nitrogen and oxygen atoms in total. The van der Waals surface area contributed by atoms with Gasteiger partial charge in [-0.1, -0.05) is 0 Å². The Morgan fingerprint density at radius 3 is 2.20 bits per heavy atom. The molecule has 1 aromatic carbocycles. The number of piperazine rings is 2. The molecule has 8 heterocycles. The number of piperidine rings is 2. The number of fused-ring (bicyclic) bond motifs is 1. The number of nitrogen functional groups attached to an aromatic ring is 1. The SMILES string of the molecule is CN1CCN(c2cnc(-c3c(C4CC4)cnn3-c3nn(C(C)(C)C)c4ncnc(N)c34)nc2)CC1.O=COCC(=O)N1CCC(CN2CCN(c3c(F)cc(NC4CCC(=O)NC4=O)cc3F)CC2)CC1. The van der Waals surface area contributed by atoms with Gasteiger partial charge in [0.25, 0.3) is 12.4 Å². The summed E-state index contributed by atoms with van der Waals surface area (Å²) in [4.78, 5) is 74.1. The molecule has 4 N–H and O–H groups in total. The third kappa shape index (κ3) is 11.0. The van der Waals surface area contributed by atoms with Crippen molar-refractivity contribution in [1.82, 2.24) is 59.5 Å². The summed E-state index contributed by atoms with van der Waals surface area (Å²) < 4.78 is 38.1. The van der Waals surface area contributed by atoms with Crippen molar-refractivity contribution in [2.45, 2.75) is 76.8 Å². The molecule has 378 valence electrons. The average Bonchev–Trinajstić information content (AvgIpc) is 3.97. The zero-order valence-corrected chi connectivity index (χ0v) is 40.7. The highest BCUT2D eigenvalue weighted by Gasteiger charge is 2.34. The van der Waals surface area contributed by atoms with Crippen molar-refractivity contribution in [1.29, 1.82) is 0 Å². The van der Waals surface area contributed by atoms with E-state index in [0.717, 1.165) is 75.4 Å². The van der Waals surface area contributed by atoms with Gasteiger partial charge in [0.2, 0.25) is 11.8 Å². The largest absolute Gasteiger partial charge is 0.458 e. The van der Waals surface area contributed by atoms with E-state index in [4.69, 9.17) is 25.9 Å². The van der Waals surface area contributed by atoms with Crippen LogP contribution in [0.5, 0.6) is 0 Å². The van der Waals surface area contributed by atoms with Gasteiger partial charge in [-0.25, -0.2) is 38.1 Å². The molecule has 10 rings (SSSR count). The number of nitrogens with two attached hydrogens (primary N) is 1. The van der Waals surface area contributed by atoms with Crippen molar-refractivity contribution in [3.05, 3.63) is 54.2 Å². The average molecular weight is 981 g/mol. The Labute approximate surface area is 410 Å². The Balaban J connectivity index is 0.000000176. The number of carbonyl (C=O) groups excluding carboxylic acids is 4. The maximum atomic E-state index is 14.9. The third-order valence-electron chi connectivity index (χ3n) is 13.9. The van der Waals surface area contributed by atoms with Crippen LogP contribution < -0.4 is 26.2 Å². The number of amides is 3. The van der Waals surface area contributed by atoms with E-state index >= 15 is 0 Å².